The predicted octanol–water partition coefficient (Wildman–Crippen LogP) is 3.53. The summed E-state index contributed by atoms with van der Waals surface area (Å²) in [6.07, 6.45) is 7.34. The van der Waals surface area contributed by atoms with E-state index >= 15 is 0 Å². The van der Waals surface area contributed by atoms with Gasteiger partial charge in [-0.1, -0.05) is 32.5 Å². The molecule has 132 valence electrons. The van der Waals surface area contributed by atoms with Gasteiger partial charge in [-0.15, -0.1) is 0 Å². The lowest BCUT2D eigenvalue weighted by Crippen LogP contribution is -2.26. The van der Waals surface area contributed by atoms with Crippen molar-refractivity contribution in [2.75, 3.05) is 11.6 Å². The van der Waals surface area contributed by atoms with Crippen LogP contribution in [-0.2, 0) is 5.41 Å². The van der Waals surface area contributed by atoms with Crippen LogP contribution < -0.4 is 10.6 Å². The van der Waals surface area contributed by atoms with E-state index in [2.05, 4.69) is 46.4 Å². The van der Waals surface area contributed by atoms with Crippen LogP contribution in [0.15, 0.2) is 29.7 Å². The number of hydrogen-bond acceptors (Lipinski definition) is 6. The molecule has 0 aliphatic heterocycles. The summed E-state index contributed by atoms with van der Waals surface area (Å²) in [4.78, 5) is 25.6. The fraction of sp³-hybridized carbons (Fsp3) is 0.444. The van der Waals surface area contributed by atoms with Crippen LogP contribution >= 0.6 is 11.8 Å². The Bertz CT molecular complexity index is 783. The van der Waals surface area contributed by atoms with Gasteiger partial charge in [0.25, 0.3) is 5.91 Å². The molecule has 0 atom stereocenters. The first kappa shape index (κ1) is 17.7. The van der Waals surface area contributed by atoms with Crippen molar-refractivity contribution in [2.45, 2.75) is 50.2 Å². The molecule has 1 fully saturated rings. The minimum absolute atomic E-state index is 0.0556. The Balaban J connectivity index is 1.91. The maximum Gasteiger partial charge on any atom is 0.256 e. The zero-order valence-electron chi connectivity index (χ0n) is 15.0. The van der Waals surface area contributed by atoms with Crippen LogP contribution in [0, 0.1) is 0 Å². The Hall–Kier alpha value is -2.15. The number of amides is 1. The van der Waals surface area contributed by atoms with Crippen molar-refractivity contribution >= 4 is 29.2 Å². The third-order valence-corrected chi connectivity index (χ3v) is 4.46. The summed E-state index contributed by atoms with van der Waals surface area (Å²) in [7, 11) is 0. The van der Waals surface area contributed by atoms with Crippen LogP contribution in [0.25, 0.3) is 0 Å². The van der Waals surface area contributed by atoms with Gasteiger partial charge >= 0.3 is 0 Å². The smallest absolute Gasteiger partial charge is 0.256 e. The summed E-state index contributed by atoms with van der Waals surface area (Å²) in [5.41, 5.74) is 2.23. The first-order valence-electron chi connectivity index (χ1n) is 8.32. The molecule has 3 rings (SSSR count). The van der Waals surface area contributed by atoms with Crippen LogP contribution in [0.4, 0.5) is 11.5 Å². The molecule has 0 bridgehead atoms. The molecule has 0 spiro atoms. The minimum Gasteiger partial charge on any atom is -0.349 e. The first-order valence-corrected chi connectivity index (χ1v) is 9.55. The highest BCUT2D eigenvalue weighted by molar-refractivity contribution is 7.98. The Labute approximate surface area is 152 Å². The first-order chi connectivity index (χ1) is 11.9. The van der Waals surface area contributed by atoms with Gasteiger partial charge in [-0.25, -0.2) is 9.97 Å². The fourth-order valence-corrected chi connectivity index (χ4v) is 2.61. The SMILES string of the molecule is CSc1ncc(C(=O)NC2CC2)c(Nc2ccnc(C(C)(C)C)c2)n1. The van der Waals surface area contributed by atoms with Crippen LogP contribution in [-0.4, -0.2) is 33.2 Å². The van der Waals surface area contributed by atoms with Crippen LogP contribution in [0.3, 0.4) is 0 Å². The molecule has 1 aliphatic carbocycles. The summed E-state index contributed by atoms with van der Waals surface area (Å²) >= 11 is 1.44. The summed E-state index contributed by atoms with van der Waals surface area (Å²) < 4.78 is 0. The summed E-state index contributed by atoms with van der Waals surface area (Å²) in [5, 5.41) is 6.88. The molecule has 2 aromatic rings. The second kappa shape index (κ2) is 7.00. The normalized spacial score (nSPS) is 14.2. The number of rotatable bonds is 5. The number of aromatic nitrogens is 3. The van der Waals surface area contributed by atoms with Gasteiger partial charge in [-0.2, -0.15) is 0 Å². The Morgan fingerprint density at radius 2 is 2.04 bits per heavy atom. The van der Waals surface area contributed by atoms with Gasteiger partial charge in [0.15, 0.2) is 5.16 Å². The van der Waals surface area contributed by atoms with E-state index in [0.717, 1.165) is 24.2 Å². The summed E-state index contributed by atoms with van der Waals surface area (Å²) in [6.45, 7) is 6.35. The number of carbonyl (C=O) groups excluding carboxylic acids is 1. The number of thioether (sulfide) groups is 1. The van der Waals surface area contributed by atoms with Gasteiger partial charge in [0.05, 0.1) is 0 Å². The molecule has 2 aromatic heterocycles. The standard InChI is InChI=1S/C18H23N5OS/c1-18(2,3)14-9-12(7-8-19-14)21-15-13(10-20-17(23-15)25-4)16(24)22-11-5-6-11/h7-11H,5-6H2,1-4H3,(H,22,24)(H,19,20,21,23). The van der Waals surface area contributed by atoms with E-state index in [-0.39, 0.29) is 17.4 Å². The van der Waals surface area contributed by atoms with E-state index in [9.17, 15) is 4.79 Å². The van der Waals surface area contributed by atoms with Crippen molar-refractivity contribution in [2.24, 2.45) is 0 Å². The Morgan fingerprint density at radius 3 is 2.68 bits per heavy atom. The molecule has 1 aliphatic rings. The van der Waals surface area contributed by atoms with E-state index in [0.29, 0.717) is 16.5 Å². The van der Waals surface area contributed by atoms with Crippen molar-refractivity contribution in [3.8, 4) is 0 Å². The number of hydrogen-bond donors (Lipinski definition) is 2. The molecule has 6 nitrogen and oxygen atoms in total. The van der Waals surface area contributed by atoms with Gasteiger partial charge in [-0.05, 0) is 31.2 Å². The number of nitrogens with zero attached hydrogens (tertiary/aromatic N) is 3. The predicted molar refractivity (Wildman–Crippen MR) is 101 cm³/mol. The van der Waals surface area contributed by atoms with Gasteiger partial charge in [0.1, 0.15) is 11.4 Å². The number of pyridine rings is 1. The van der Waals surface area contributed by atoms with E-state index in [1.54, 1.807) is 12.4 Å². The molecule has 2 heterocycles. The molecule has 25 heavy (non-hydrogen) atoms. The summed E-state index contributed by atoms with van der Waals surface area (Å²) in [6, 6.07) is 4.15. The monoisotopic (exact) mass is 357 g/mol. The van der Waals surface area contributed by atoms with E-state index in [1.165, 1.54) is 11.8 Å². The molecule has 0 saturated heterocycles. The molecular weight excluding hydrogens is 334 g/mol. The van der Waals surface area contributed by atoms with E-state index in [1.807, 2.05) is 18.4 Å². The van der Waals surface area contributed by atoms with Gasteiger partial charge in [-0.3, -0.25) is 9.78 Å². The van der Waals surface area contributed by atoms with Crippen molar-refractivity contribution in [1.29, 1.82) is 0 Å². The zero-order valence-corrected chi connectivity index (χ0v) is 15.8. The van der Waals surface area contributed by atoms with Crippen molar-refractivity contribution < 1.29 is 4.79 Å². The van der Waals surface area contributed by atoms with Gasteiger partial charge in [0.2, 0.25) is 0 Å². The van der Waals surface area contributed by atoms with Crippen molar-refractivity contribution in [3.63, 3.8) is 0 Å². The Morgan fingerprint density at radius 1 is 1.28 bits per heavy atom. The quantitative estimate of drug-likeness (QED) is 0.629. The molecule has 2 N–H and O–H groups in total. The number of nitrogens with one attached hydrogen (secondary N) is 2. The van der Waals surface area contributed by atoms with Crippen LogP contribution in [0.2, 0.25) is 0 Å². The third-order valence-electron chi connectivity index (χ3n) is 3.90. The molecule has 0 unspecified atom stereocenters. The minimum atomic E-state index is -0.136. The maximum absolute atomic E-state index is 12.5. The van der Waals surface area contributed by atoms with Gasteiger partial charge < -0.3 is 10.6 Å². The Kier molecular flexibility index (Phi) is 4.94. The van der Waals surface area contributed by atoms with Crippen LogP contribution in [0.1, 0.15) is 49.7 Å². The molecule has 0 radical (unpaired) electrons. The molecule has 0 aromatic carbocycles. The lowest BCUT2D eigenvalue weighted by atomic mass is 9.91. The molecule has 7 heteroatoms. The number of anilines is 2. The number of carbonyl (C=O) groups is 1. The molecule has 1 amide bonds. The highest BCUT2D eigenvalue weighted by atomic mass is 32.2. The van der Waals surface area contributed by atoms with E-state index < -0.39 is 0 Å². The fourth-order valence-electron chi connectivity index (χ4n) is 2.27. The molecular formula is C18H23N5OS. The van der Waals surface area contributed by atoms with Crippen molar-refractivity contribution in [1.82, 2.24) is 20.3 Å². The largest absolute Gasteiger partial charge is 0.349 e. The topological polar surface area (TPSA) is 79.8 Å². The second-order valence-electron chi connectivity index (χ2n) is 7.17. The van der Waals surface area contributed by atoms with Crippen molar-refractivity contribution in [3.05, 3.63) is 35.8 Å². The second-order valence-corrected chi connectivity index (χ2v) is 7.94. The average molecular weight is 357 g/mol. The van der Waals surface area contributed by atoms with Crippen LogP contribution in [0.5, 0.6) is 0 Å². The lowest BCUT2D eigenvalue weighted by molar-refractivity contribution is 0.0951. The average Bonchev–Trinajstić information content (AvgIpc) is 3.38. The summed E-state index contributed by atoms with van der Waals surface area (Å²) in [5.74, 6) is 0.381. The zero-order chi connectivity index (χ0) is 18.0. The maximum atomic E-state index is 12.5. The highest BCUT2D eigenvalue weighted by Gasteiger charge is 2.26. The lowest BCUT2D eigenvalue weighted by Gasteiger charge is -2.19. The third kappa shape index (κ3) is 4.48. The van der Waals surface area contributed by atoms with Gasteiger partial charge in [0, 0.05) is 35.2 Å². The molecule has 1 saturated carbocycles. The van der Waals surface area contributed by atoms with E-state index in [4.69, 9.17) is 0 Å². The highest BCUT2D eigenvalue weighted by Crippen LogP contribution is 2.26.